The third kappa shape index (κ3) is 3.46. The lowest BCUT2D eigenvalue weighted by atomic mass is 10.1. The van der Waals surface area contributed by atoms with Crippen LogP contribution in [0.15, 0.2) is 6.33 Å². The van der Waals surface area contributed by atoms with Crippen molar-refractivity contribution in [2.75, 3.05) is 0 Å². The largest absolute Gasteiger partial charge is 0.253 e. The minimum absolute atomic E-state index is 0.653. The van der Waals surface area contributed by atoms with Crippen LogP contribution in [0.4, 0.5) is 0 Å². The normalized spacial score (nSPS) is 13.2. The van der Waals surface area contributed by atoms with Gasteiger partial charge in [-0.25, -0.2) is 4.98 Å². The van der Waals surface area contributed by atoms with Gasteiger partial charge in [-0.05, 0) is 19.3 Å². The van der Waals surface area contributed by atoms with E-state index in [0.717, 1.165) is 12.2 Å². The van der Waals surface area contributed by atoms with Gasteiger partial charge in [0.25, 0.3) is 0 Å². The second kappa shape index (κ2) is 5.37. The fourth-order valence-electron chi connectivity index (χ4n) is 1.23. The van der Waals surface area contributed by atoms with Gasteiger partial charge in [-0.3, -0.25) is 4.68 Å². The summed E-state index contributed by atoms with van der Waals surface area (Å²) in [6.45, 7) is 2.20. The Morgan fingerprint density at radius 2 is 2.38 bits per heavy atom. The molecule has 0 aromatic carbocycles. The smallest absolute Gasteiger partial charge is 0.138 e. The molecule has 1 aromatic heterocycles. The molecule has 0 spiro atoms. The monoisotopic (exact) mass is 245 g/mol. The Morgan fingerprint density at radius 1 is 1.62 bits per heavy atom. The average molecular weight is 246 g/mol. The van der Waals surface area contributed by atoms with Gasteiger partial charge in [0, 0.05) is 18.3 Å². The first-order chi connectivity index (χ1) is 6.24. The fourth-order valence-corrected chi connectivity index (χ4v) is 1.56. The van der Waals surface area contributed by atoms with Gasteiger partial charge < -0.3 is 0 Å². The van der Waals surface area contributed by atoms with Crippen LogP contribution in [0.1, 0.15) is 32.0 Å². The van der Waals surface area contributed by atoms with E-state index in [2.05, 4.69) is 32.9 Å². The molecular weight excluding hydrogens is 230 g/mol. The maximum atomic E-state index is 4.17. The summed E-state index contributed by atoms with van der Waals surface area (Å²) in [6, 6.07) is 0. The van der Waals surface area contributed by atoms with Crippen molar-refractivity contribution >= 4 is 15.9 Å². The van der Waals surface area contributed by atoms with Gasteiger partial charge in [0.15, 0.2) is 0 Å². The van der Waals surface area contributed by atoms with E-state index in [-0.39, 0.29) is 0 Å². The fraction of sp³-hybridized carbons (Fsp3) is 0.778. The third-order valence-electron chi connectivity index (χ3n) is 2.17. The van der Waals surface area contributed by atoms with Crippen molar-refractivity contribution in [3.05, 3.63) is 12.2 Å². The van der Waals surface area contributed by atoms with Gasteiger partial charge in [-0.1, -0.05) is 22.9 Å². The van der Waals surface area contributed by atoms with Crippen LogP contribution in [0, 0.1) is 0 Å². The van der Waals surface area contributed by atoms with Crippen molar-refractivity contribution in [2.45, 2.75) is 37.4 Å². The molecule has 4 heteroatoms. The zero-order valence-corrected chi connectivity index (χ0v) is 9.79. The molecule has 1 atom stereocenters. The molecule has 0 fully saturated rings. The molecule has 1 unspecified atom stereocenters. The Bertz CT molecular complexity index is 247. The Hall–Kier alpha value is -0.380. The molecule has 0 radical (unpaired) electrons. The SMILES string of the molecule is CCC(Br)CCCc1ncnn1C. The molecule has 0 bridgehead atoms. The zero-order valence-electron chi connectivity index (χ0n) is 8.20. The average Bonchev–Trinajstić information content (AvgIpc) is 2.52. The number of halogens is 1. The quantitative estimate of drug-likeness (QED) is 0.746. The Kier molecular flexibility index (Phi) is 4.42. The summed E-state index contributed by atoms with van der Waals surface area (Å²) >= 11 is 3.62. The molecular formula is C9H16BrN3. The predicted molar refractivity (Wildman–Crippen MR) is 56.9 cm³/mol. The number of aryl methyl sites for hydroxylation is 2. The van der Waals surface area contributed by atoms with Gasteiger partial charge in [-0.15, -0.1) is 0 Å². The molecule has 0 aliphatic rings. The first-order valence-electron chi connectivity index (χ1n) is 4.71. The van der Waals surface area contributed by atoms with E-state index in [1.807, 2.05) is 11.7 Å². The topological polar surface area (TPSA) is 30.7 Å². The maximum Gasteiger partial charge on any atom is 0.138 e. The second-order valence-electron chi connectivity index (χ2n) is 3.20. The molecule has 0 aliphatic heterocycles. The first-order valence-corrected chi connectivity index (χ1v) is 5.62. The molecule has 0 N–H and O–H groups in total. The van der Waals surface area contributed by atoms with Crippen molar-refractivity contribution in [3.63, 3.8) is 0 Å². The number of rotatable bonds is 5. The highest BCUT2D eigenvalue weighted by atomic mass is 79.9. The summed E-state index contributed by atoms with van der Waals surface area (Å²) in [5.74, 6) is 1.08. The van der Waals surface area contributed by atoms with Gasteiger partial charge >= 0.3 is 0 Å². The van der Waals surface area contributed by atoms with Gasteiger partial charge in [0.1, 0.15) is 12.2 Å². The van der Waals surface area contributed by atoms with E-state index in [9.17, 15) is 0 Å². The summed E-state index contributed by atoms with van der Waals surface area (Å²) < 4.78 is 1.84. The van der Waals surface area contributed by atoms with Gasteiger partial charge in [0.2, 0.25) is 0 Å². The lowest BCUT2D eigenvalue weighted by molar-refractivity contribution is 0.633. The molecule has 0 saturated carbocycles. The first kappa shape index (κ1) is 10.7. The van der Waals surface area contributed by atoms with Crippen LogP contribution in [0.2, 0.25) is 0 Å². The van der Waals surface area contributed by atoms with Crippen molar-refractivity contribution in [2.24, 2.45) is 7.05 Å². The van der Waals surface area contributed by atoms with E-state index in [0.29, 0.717) is 4.83 Å². The van der Waals surface area contributed by atoms with Crippen molar-refractivity contribution in [1.29, 1.82) is 0 Å². The summed E-state index contributed by atoms with van der Waals surface area (Å²) in [6.07, 6.45) is 6.22. The van der Waals surface area contributed by atoms with Crippen LogP contribution >= 0.6 is 15.9 Å². The standard InChI is InChI=1S/C9H16BrN3/c1-3-8(10)5-4-6-9-11-7-12-13(9)2/h7-8H,3-6H2,1-2H3. The molecule has 13 heavy (non-hydrogen) atoms. The molecule has 74 valence electrons. The van der Waals surface area contributed by atoms with Crippen LogP contribution in [-0.4, -0.2) is 19.6 Å². The number of nitrogens with zero attached hydrogens (tertiary/aromatic N) is 3. The maximum absolute atomic E-state index is 4.17. The molecule has 0 aliphatic carbocycles. The Balaban J connectivity index is 2.24. The zero-order chi connectivity index (χ0) is 9.68. The van der Waals surface area contributed by atoms with Crippen LogP contribution in [0.5, 0.6) is 0 Å². The Labute approximate surface area is 87.7 Å². The van der Waals surface area contributed by atoms with Crippen LogP contribution in [0.3, 0.4) is 0 Å². The predicted octanol–water partition coefficient (Wildman–Crippen LogP) is 2.31. The Morgan fingerprint density at radius 3 is 2.92 bits per heavy atom. The molecule has 1 heterocycles. The number of hydrogen-bond donors (Lipinski definition) is 0. The summed E-state index contributed by atoms with van der Waals surface area (Å²) in [7, 11) is 1.94. The summed E-state index contributed by atoms with van der Waals surface area (Å²) in [4.78, 5) is 4.83. The third-order valence-corrected chi connectivity index (χ3v) is 3.27. The van der Waals surface area contributed by atoms with Crippen LogP contribution in [-0.2, 0) is 13.5 Å². The van der Waals surface area contributed by atoms with Gasteiger partial charge in [0.05, 0.1) is 0 Å². The minimum Gasteiger partial charge on any atom is -0.253 e. The summed E-state index contributed by atoms with van der Waals surface area (Å²) in [5, 5.41) is 4.03. The molecule has 1 aromatic rings. The molecule has 3 nitrogen and oxygen atoms in total. The van der Waals surface area contributed by atoms with E-state index in [1.165, 1.54) is 19.3 Å². The molecule has 1 rings (SSSR count). The number of alkyl halides is 1. The summed E-state index contributed by atoms with van der Waals surface area (Å²) in [5.41, 5.74) is 0. The van der Waals surface area contributed by atoms with Crippen molar-refractivity contribution in [1.82, 2.24) is 14.8 Å². The van der Waals surface area contributed by atoms with Crippen LogP contribution in [0.25, 0.3) is 0 Å². The van der Waals surface area contributed by atoms with Crippen molar-refractivity contribution in [3.8, 4) is 0 Å². The highest BCUT2D eigenvalue weighted by Crippen LogP contribution is 2.13. The van der Waals surface area contributed by atoms with E-state index in [4.69, 9.17) is 0 Å². The van der Waals surface area contributed by atoms with E-state index < -0.39 is 0 Å². The number of hydrogen-bond acceptors (Lipinski definition) is 2. The van der Waals surface area contributed by atoms with Crippen molar-refractivity contribution < 1.29 is 0 Å². The van der Waals surface area contributed by atoms with E-state index in [1.54, 1.807) is 6.33 Å². The second-order valence-corrected chi connectivity index (χ2v) is 4.49. The lowest BCUT2D eigenvalue weighted by Crippen LogP contribution is -2.02. The molecule has 0 saturated heterocycles. The number of aromatic nitrogens is 3. The van der Waals surface area contributed by atoms with E-state index >= 15 is 0 Å². The minimum atomic E-state index is 0.653. The highest BCUT2D eigenvalue weighted by Gasteiger charge is 2.03. The molecule has 0 amide bonds. The van der Waals surface area contributed by atoms with Crippen LogP contribution < -0.4 is 0 Å². The van der Waals surface area contributed by atoms with Gasteiger partial charge in [-0.2, -0.15) is 5.10 Å². The highest BCUT2D eigenvalue weighted by molar-refractivity contribution is 9.09. The lowest BCUT2D eigenvalue weighted by Gasteiger charge is -2.05.